The van der Waals surface area contributed by atoms with Crippen molar-refractivity contribution in [2.45, 2.75) is 6.54 Å². The number of amides is 1. The molecule has 1 fully saturated rings. The monoisotopic (exact) mass is 427 g/mol. The summed E-state index contributed by atoms with van der Waals surface area (Å²) in [5.41, 5.74) is 2.40. The molecule has 0 unspecified atom stereocenters. The van der Waals surface area contributed by atoms with Gasteiger partial charge in [-0.1, -0.05) is 65.8 Å². The number of carbonyl (C=O) groups excluding carboxylic acids is 1. The summed E-state index contributed by atoms with van der Waals surface area (Å²) in [6.45, 7) is 4.82. The number of nitrogens with zero attached hydrogens (tertiary/aromatic N) is 5. The normalized spacial score (nSPS) is 14.6. The Morgan fingerprint density at radius 2 is 1.56 bits per heavy atom. The standard InChI is InChI=1S/C25H25N5O2/c31-25(22-19-23(32-27-22)20-7-3-1-4-8-20)30-17-14-28(15-18-30)13-16-29-12-11-26-24(29)21-9-5-2-6-10-21/h1-12,19H,13-18H2. The minimum Gasteiger partial charge on any atom is -0.355 e. The number of carbonyl (C=O) groups is 1. The van der Waals surface area contributed by atoms with Crippen LogP contribution in [0, 0.1) is 0 Å². The van der Waals surface area contributed by atoms with Gasteiger partial charge in [0.15, 0.2) is 11.5 Å². The first-order chi connectivity index (χ1) is 15.8. The number of rotatable bonds is 6. The number of imidazole rings is 1. The molecule has 0 aliphatic carbocycles. The fourth-order valence-corrected chi connectivity index (χ4v) is 4.04. The highest BCUT2D eigenvalue weighted by atomic mass is 16.5. The van der Waals surface area contributed by atoms with Gasteiger partial charge in [-0.25, -0.2) is 4.98 Å². The molecule has 0 bridgehead atoms. The minimum absolute atomic E-state index is 0.0726. The fraction of sp³-hybridized carbons (Fsp3) is 0.240. The van der Waals surface area contributed by atoms with E-state index in [1.165, 1.54) is 0 Å². The van der Waals surface area contributed by atoms with Crippen LogP contribution in [0.3, 0.4) is 0 Å². The number of hydrogen-bond acceptors (Lipinski definition) is 5. The molecule has 0 saturated carbocycles. The lowest BCUT2D eigenvalue weighted by Gasteiger charge is -2.34. The summed E-state index contributed by atoms with van der Waals surface area (Å²) in [5.74, 6) is 1.53. The van der Waals surface area contributed by atoms with Gasteiger partial charge in [0.1, 0.15) is 5.82 Å². The third-order valence-electron chi connectivity index (χ3n) is 5.85. The van der Waals surface area contributed by atoms with E-state index in [9.17, 15) is 4.79 Å². The lowest BCUT2D eigenvalue weighted by atomic mass is 10.1. The van der Waals surface area contributed by atoms with Gasteiger partial charge in [-0.15, -0.1) is 0 Å². The Morgan fingerprint density at radius 3 is 2.28 bits per heavy atom. The zero-order valence-corrected chi connectivity index (χ0v) is 17.8. The van der Waals surface area contributed by atoms with Gasteiger partial charge in [0.2, 0.25) is 0 Å². The highest BCUT2D eigenvalue weighted by molar-refractivity contribution is 5.93. The van der Waals surface area contributed by atoms with Crippen molar-refractivity contribution in [3.05, 3.63) is 84.8 Å². The van der Waals surface area contributed by atoms with Crippen LogP contribution in [0.15, 0.2) is 83.6 Å². The van der Waals surface area contributed by atoms with E-state index in [-0.39, 0.29) is 5.91 Å². The van der Waals surface area contributed by atoms with E-state index in [0.29, 0.717) is 24.5 Å². The maximum absolute atomic E-state index is 12.9. The molecule has 1 aliphatic rings. The summed E-state index contributed by atoms with van der Waals surface area (Å²) < 4.78 is 7.58. The predicted octanol–water partition coefficient (Wildman–Crippen LogP) is 3.66. The molecule has 1 amide bonds. The molecule has 4 aromatic rings. The van der Waals surface area contributed by atoms with Gasteiger partial charge in [-0.2, -0.15) is 0 Å². The lowest BCUT2D eigenvalue weighted by Crippen LogP contribution is -2.49. The van der Waals surface area contributed by atoms with Crippen LogP contribution in [-0.2, 0) is 6.54 Å². The minimum atomic E-state index is -0.0726. The van der Waals surface area contributed by atoms with Crippen LogP contribution in [0.5, 0.6) is 0 Å². The first-order valence-corrected chi connectivity index (χ1v) is 10.9. The van der Waals surface area contributed by atoms with Crippen LogP contribution in [0.2, 0.25) is 0 Å². The molecular formula is C25H25N5O2. The highest BCUT2D eigenvalue weighted by Crippen LogP contribution is 2.21. The van der Waals surface area contributed by atoms with Gasteiger partial charge in [0.05, 0.1) is 0 Å². The Labute approximate surface area is 186 Å². The van der Waals surface area contributed by atoms with E-state index >= 15 is 0 Å². The number of benzene rings is 2. The van der Waals surface area contributed by atoms with Crippen LogP contribution in [0.1, 0.15) is 10.5 Å². The molecule has 7 nitrogen and oxygen atoms in total. The molecule has 1 saturated heterocycles. The summed E-state index contributed by atoms with van der Waals surface area (Å²) in [5, 5.41) is 4.01. The van der Waals surface area contributed by atoms with Gasteiger partial charge in [-0.3, -0.25) is 9.69 Å². The van der Waals surface area contributed by atoms with Crippen LogP contribution in [0.25, 0.3) is 22.7 Å². The SMILES string of the molecule is O=C(c1cc(-c2ccccc2)on1)N1CCN(CCn2ccnc2-c2ccccc2)CC1. The van der Waals surface area contributed by atoms with Crippen molar-refractivity contribution in [3.8, 4) is 22.7 Å². The summed E-state index contributed by atoms with van der Waals surface area (Å²) >= 11 is 0. The van der Waals surface area contributed by atoms with Gasteiger partial charge in [0.25, 0.3) is 5.91 Å². The van der Waals surface area contributed by atoms with Gasteiger partial charge >= 0.3 is 0 Å². The van der Waals surface area contributed by atoms with E-state index in [2.05, 4.69) is 31.7 Å². The molecule has 0 spiro atoms. The van der Waals surface area contributed by atoms with Gasteiger partial charge < -0.3 is 14.0 Å². The molecule has 32 heavy (non-hydrogen) atoms. The van der Waals surface area contributed by atoms with Crippen LogP contribution < -0.4 is 0 Å². The van der Waals surface area contributed by atoms with Crippen molar-refractivity contribution in [1.82, 2.24) is 24.5 Å². The highest BCUT2D eigenvalue weighted by Gasteiger charge is 2.24. The second-order valence-electron chi connectivity index (χ2n) is 7.89. The Morgan fingerprint density at radius 1 is 0.875 bits per heavy atom. The summed E-state index contributed by atoms with van der Waals surface area (Å²) in [7, 11) is 0. The molecule has 3 heterocycles. The van der Waals surface area contributed by atoms with E-state index < -0.39 is 0 Å². The van der Waals surface area contributed by atoms with Crippen LogP contribution in [-0.4, -0.2) is 63.1 Å². The second-order valence-corrected chi connectivity index (χ2v) is 7.89. The molecule has 162 valence electrons. The first kappa shape index (κ1) is 20.2. The van der Waals surface area contributed by atoms with Crippen molar-refractivity contribution >= 4 is 5.91 Å². The zero-order chi connectivity index (χ0) is 21.8. The topological polar surface area (TPSA) is 67.4 Å². The molecule has 2 aromatic carbocycles. The van der Waals surface area contributed by atoms with E-state index in [1.54, 1.807) is 6.07 Å². The smallest absolute Gasteiger partial charge is 0.276 e. The third kappa shape index (κ3) is 4.33. The van der Waals surface area contributed by atoms with Crippen molar-refractivity contribution in [2.75, 3.05) is 32.7 Å². The zero-order valence-electron chi connectivity index (χ0n) is 17.8. The second kappa shape index (κ2) is 9.20. The summed E-state index contributed by atoms with van der Waals surface area (Å²) in [6.07, 6.45) is 3.87. The average molecular weight is 428 g/mol. The van der Waals surface area contributed by atoms with Crippen molar-refractivity contribution in [2.24, 2.45) is 0 Å². The van der Waals surface area contributed by atoms with E-state index in [4.69, 9.17) is 4.52 Å². The number of aromatic nitrogens is 3. The van der Waals surface area contributed by atoms with E-state index in [0.717, 1.165) is 43.1 Å². The van der Waals surface area contributed by atoms with Gasteiger partial charge in [-0.05, 0) is 0 Å². The van der Waals surface area contributed by atoms with Crippen molar-refractivity contribution < 1.29 is 9.32 Å². The van der Waals surface area contributed by atoms with Crippen molar-refractivity contribution in [1.29, 1.82) is 0 Å². The molecule has 7 heteroatoms. The van der Waals surface area contributed by atoms with Crippen LogP contribution >= 0.6 is 0 Å². The predicted molar refractivity (Wildman–Crippen MR) is 122 cm³/mol. The summed E-state index contributed by atoms with van der Waals surface area (Å²) in [4.78, 5) is 21.6. The molecule has 0 radical (unpaired) electrons. The molecular weight excluding hydrogens is 402 g/mol. The molecule has 0 atom stereocenters. The number of piperazine rings is 1. The average Bonchev–Trinajstić information content (AvgIpc) is 3.54. The molecule has 5 rings (SSSR count). The van der Waals surface area contributed by atoms with Gasteiger partial charge in [0, 0.05) is 68.9 Å². The summed E-state index contributed by atoms with van der Waals surface area (Å²) in [6, 6.07) is 21.7. The first-order valence-electron chi connectivity index (χ1n) is 10.9. The third-order valence-corrected chi connectivity index (χ3v) is 5.85. The Balaban J connectivity index is 1.15. The lowest BCUT2D eigenvalue weighted by molar-refractivity contribution is 0.0623. The van der Waals surface area contributed by atoms with Crippen LogP contribution in [0.4, 0.5) is 0 Å². The maximum atomic E-state index is 12.9. The molecule has 0 N–H and O–H groups in total. The molecule has 1 aliphatic heterocycles. The quantitative estimate of drug-likeness (QED) is 0.470. The van der Waals surface area contributed by atoms with E-state index in [1.807, 2.05) is 65.8 Å². The molecule has 2 aromatic heterocycles. The largest absolute Gasteiger partial charge is 0.355 e. The Kier molecular flexibility index (Phi) is 5.81. The Bertz CT molecular complexity index is 1160. The van der Waals surface area contributed by atoms with Crippen molar-refractivity contribution in [3.63, 3.8) is 0 Å². The Hall–Kier alpha value is -3.71. The fourth-order valence-electron chi connectivity index (χ4n) is 4.04. The number of hydrogen-bond donors (Lipinski definition) is 0. The maximum Gasteiger partial charge on any atom is 0.276 e.